The number of benzene rings is 1. The maximum Gasteiger partial charge on any atom is 0.432 e. The minimum atomic E-state index is -4.56. The maximum atomic E-state index is 13.2. The molecule has 0 bridgehead atoms. The molecular formula is C21H24F3N3O5. The van der Waals surface area contributed by atoms with Gasteiger partial charge in [-0.15, -0.1) is 0 Å². The van der Waals surface area contributed by atoms with Crippen LogP contribution in [0.25, 0.3) is 0 Å². The summed E-state index contributed by atoms with van der Waals surface area (Å²) in [7, 11) is 0. The monoisotopic (exact) mass is 455 g/mol. The minimum Gasteiger partial charge on any atom is -0.463 e. The Hall–Kier alpha value is -2.92. The number of hydrogen-bond donors (Lipinski definition) is 0. The molecule has 3 rings (SSSR count). The van der Waals surface area contributed by atoms with Crippen molar-refractivity contribution in [3.63, 3.8) is 0 Å². The Morgan fingerprint density at radius 2 is 1.84 bits per heavy atom. The van der Waals surface area contributed by atoms with Gasteiger partial charge in [0, 0.05) is 18.7 Å². The Labute approximate surface area is 183 Å². The predicted octanol–water partition coefficient (Wildman–Crippen LogP) is 3.03. The number of carbonyl (C=O) groups is 2. The van der Waals surface area contributed by atoms with Crippen molar-refractivity contribution in [1.82, 2.24) is 9.91 Å². The Kier molecular flexibility index (Phi) is 7.52. The van der Waals surface area contributed by atoms with E-state index in [1.165, 1.54) is 18.2 Å². The molecule has 0 radical (unpaired) electrons. The van der Waals surface area contributed by atoms with Gasteiger partial charge in [-0.25, -0.2) is 9.59 Å². The van der Waals surface area contributed by atoms with Gasteiger partial charge in [0.2, 0.25) is 0 Å². The third-order valence-corrected chi connectivity index (χ3v) is 4.86. The van der Waals surface area contributed by atoms with E-state index in [1.807, 2.05) is 4.90 Å². The number of morpholine rings is 1. The zero-order valence-corrected chi connectivity index (χ0v) is 17.7. The third kappa shape index (κ3) is 5.28. The lowest BCUT2D eigenvalue weighted by Crippen LogP contribution is -2.56. The summed E-state index contributed by atoms with van der Waals surface area (Å²) in [5, 5.41) is 5.27. The van der Waals surface area contributed by atoms with Crippen LogP contribution in [0, 0.1) is 0 Å². The van der Waals surface area contributed by atoms with Gasteiger partial charge in [-0.05, 0) is 32.1 Å². The van der Waals surface area contributed by atoms with Crippen LogP contribution in [-0.4, -0.2) is 73.4 Å². The Bertz CT molecular complexity index is 910. The molecule has 0 aliphatic carbocycles. The van der Waals surface area contributed by atoms with E-state index >= 15 is 0 Å². The molecule has 11 heteroatoms. The van der Waals surface area contributed by atoms with Crippen molar-refractivity contribution >= 4 is 17.8 Å². The van der Waals surface area contributed by atoms with E-state index in [2.05, 4.69) is 5.10 Å². The Balaban J connectivity index is 2.10. The fourth-order valence-corrected chi connectivity index (χ4v) is 3.43. The number of nitrogens with zero attached hydrogens (tertiary/aromatic N) is 3. The van der Waals surface area contributed by atoms with E-state index in [9.17, 15) is 22.8 Å². The molecule has 2 aliphatic heterocycles. The number of amides is 1. The normalized spacial score (nSPS) is 19.8. The van der Waals surface area contributed by atoms with Crippen LogP contribution in [0.15, 0.2) is 41.0 Å². The van der Waals surface area contributed by atoms with E-state index in [0.29, 0.717) is 26.3 Å². The van der Waals surface area contributed by atoms with Gasteiger partial charge in [-0.3, -0.25) is 4.90 Å². The average molecular weight is 455 g/mol. The minimum absolute atomic E-state index is 0.0108. The van der Waals surface area contributed by atoms with Gasteiger partial charge in [0.15, 0.2) is 0 Å². The summed E-state index contributed by atoms with van der Waals surface area (Å²) in [5.41, 5.74) is -0.695. The molecule has 1 atom stereocenters. The lowest BCUT2D eigenvalue weighted by atomic mass is 10.0. The topological polar surface area (TPSA) is 80.7 Å². The van der Waals surface area contributed by atoms with E-state index in [1.54, 1.807) is 13.8 Å². The summed E-state index contributed by atoms with van der Waals surface area (Å²) in [6.45, 7) is 4.97. The van der Waals surface area contributed by atoms with Crippen molar-refractivity contribution in [3.8, 4) is 0 Å². The fraction of sp³-hybridized carbons (Fsp3) is 0.476. The first-order chi connectivity index (χ1) is 15.3. The maximum absolute atomic E-state index is 13.2. The van der Waals surface area contributed by atoms with Gasteiger partial charge in [0.25, 0.3) is 0 Å². The van der Waals surface area contributed by atoms with Crippen LogP contribution in [0.4, 0.5) is 18.0 Å². The molecule has 0 N–H and O–H groups in total. The van der Waals surface area contributed by atoms with Crippen LogP contribution in [0.3, 0.4) is 0 Å². The molecule has 1 fully saturated rings. The Morgan fingerprint density at radius 3 is 2.47 bits per heavy atom. The summed E-state index contributed by atoms with van der Waals surface area (Å²) in [6.07, 6.45) is -4.96. The van der Waals surface area contributed by atoms with Gasteiger partial charge < -0.3 is 14.2 Å². The summed E-state index contributed by atoms with van der Waals surface area (Å²) in [4.78, 5) is 27.4. The molecule has 2 heterocycles. The lowest BCUT2D eigenvalue weighted by Gasteiger charge is -2.40. The van der Waals surface area contributed by atoms with Gasteiger partial charge in [-0.1, -0.05) is 12.1 Å². The molecule has 8 nitrogen and oxygen atoms in total. The molecule has 1 aromatic carbocycles. The second kappa shape index (κ2) is 10.1. The van der Waals surface area contributed by atoms with E-state index in [-0.39, 0.29) is 30.1 Å². The molecule has 32 heavy (non-hydrogen) atoms. The number of halogens is 3. The highest BCUT2D eigenvalue weighted by molar-refractivity contribution is 6.13. The number of alkyl halides is 3. The number of allylic oxidation sites excluding steroid dienone is 1. The van der Waals surface area contributed by atoms with Gasteiger partial charge >= 0.3 is 18.2 Å². The first-order valence-corrected chi connectivity index (χ1v) is 10.2. The number of hydrazone groups is 1. The predicted molar refractivity (Wildman–Crippen MR) is 108 cm³/mol. The molecule has 0 saturated carbocycles. The highest BCUT2D eigenvalue weighted by atomic mass is 19.4. The van der Waals surface area contributed by atoms with Crippen molar-refractivity contribution < 1.29 is 37.0 Å². The van der Waals surface area contributed by atoms with Crippen LogP contribution >= 0.6 is 0 Å². The van der Waals surface area contributed by atoms with E-state index in [0.717, 1.165) is 17.1 Å². The van der Waals surface area contributed by atoms with Gasteiger partial charge in [-0.2, -0.15) is 23.3 Å². The summed E-state index contributed by atoms with van der Waals surface area (Å²) in [5.74, 6) is -0.697. The summed E-state index contributed by atoms with van der Waals surface area (Å²) >= 11 is 0. The zero-order valence-electron chi connectivity index (χ0n) is 17.7. The van der Waals surface area contributed by atoms with Crippen molar-refractivity contribution in [2.75, 3.05) is 39.5 Å². The molecule has 1 amide bonds. The second-order valence-electron chi connectivity index (χ2n) is 6.95. The van der Waals surface area contributed by atoms with Gasteiger partial charge in [0.05, 0.1) is 43.3 Å². The first-order valence-electron chi connectivity index (χ1n) is 10.2. The number of esters is 1. The first kappa shape index (κ1) is 23.7. The Morgan fingerprint density at radius 1 is 1.16 bits per heavy atom. The largest absolute Gasteiger partial charge is 0.463 e. The highest BCUT2D eigenvalue weighted by Crippen LogP contribution is 2.31. The van der Waals surface area contributed by atoms with E-state index in [4.69, 9.17) is 14.2 Å². The fourth-order valence-electron chi connectivity index (χ4n) is 3.43. The second-order valence-corrected chi connectivity index (χ2v) is 6.95. The van der Waals surface area contributed by atoms with Crippen LogP contribution < -0.4 is 0 Å². The van der Waals surface area contributed by atoms with Gasteiger partial charge in [0.1, 0.15) is 6.17 Å². The summed E-state index contributed by atoms with van der Waals surface area (Å²) < 4.78 is 55.3. The number of carbonyl (C=O) groups excluding carboxylic acids is 2. The molecule has 2 aliphatic rings. The molecule has 1 saturated heterocycles. The zero-order chi connectivity index (χ0) is 23.3. The van der Waals surface area contributed by atoms with Crippen LogP contribution in [0.2, 0.25) is 0 Å². The van der Waals surface area contributed by atoms with Crippen LogP contribution in [-0.2, 0) is 25.2 Å². The molecule has 0 aromatic heterocycles. The van der Waals surface area contributed by atoms with Crippen molar-refractivity contribution in [3.05, 3.63) is 47.0 Å². The molecule has 1 aromatic rings. The summed E-state index contributed by atoms with van der Waals surface area (Å²) in [6, 6.07) is 4.51. The quantitative estimate of drug-likeness (QED) is 0.635. The SMILES string of the molecule is CCOC(=O)C1=CC(c2cccc(C(F)(F)F)c2)=NN(C(=O)OCC)C1N1CCOCC1. The third-order valence-electron chi connectivity index (χ3n) is 4.86. The highest BCUT2D eigenvalue weighted by Gasteiger charge is 2.41. The van der Waals surface area contributed by atoms with E-state index < -0.39 is 30.0 Å². The smallest absolute Gasteiger partial charge is 0.432 e. The molecule has 1 unspecified atom stereocenters. The van der Waals surface area contributed by atoms with Crippen LogP contribution in [0.1, 0.15) is 25.0 Å². The molecular weight excluding hydrogens is 431 g/mol. The molecule has 174 valence electrons. The van der Waals surface area contributed by atoms with Crippen molar-refractivity contribution in [2.45, 2.75) is 26.2 Å². The van der Waals surface area contributed by atoms with Crippen molar-refractivity contribution in [2.24, 2.45) is 5.10 Å². The van der Waals surface area contributed by atoms with Crippen molar-refractivity contribution in [1.29, 1.82) is 0 Å². The number of hydrogen-bond acceptors (Lipinski definition) is 7. The standard InChI is InChI=1S/C21H24F3N3O5/c1-3-31-19(28)16-13-17(14-6-5-7-15(12-14)21(22,23)24)25-27(20(29)32-4-2)18(16)26-8-10-30-11-9-26/h5-7,12-13,18H,3-4,8-11H2,1-2H3. The lowest BCUT2D eigenvalue weighted by molar-refractivity contribution is -0.141. The number of rotatable bonds is 5. The number of ether oxygens (including phenoxy) is 3. The average Bonchev–Trinajstić information content (AvgIpc) is 2.78. The van der Waals surface area contributed by atoms with Crippen LogP contribution in [0.5, 0.6) is 0 Å². The molecule has 0 spiro atoms.